The molecule has 0 unspecified atom stereocenters. The monoisotopic (exact) mass is 108 g/mol. The fourth-order valence-electron chi connectivity index (χ4n) is 0.447. The zero-order valence-electron chi connectivity index (χ0n) is 5.57. The van der Waals surface area contributed by atoms with Gasteiger partial charge in [-0.15, -0.1) is 11.8 Å². The minimum atomic E-state index is 1.00. The van der Waals surface area contributed by atoms with Gasteiger partial charge >= 0.3 is 0 Å². The molecule has 0 atom stereocenters. The quantitative estimate of drug-likeness (QED) is 0.289. The molecule has 0 fully saturated rings. The smallest absolute Gasteiger partial charge is 0.0123 e. The van der Waals surface area contributed by atoms with Crippen LogP contribution < -0.4 is 0 Å². The van der Waals surface area contributed by atoms with E-state index in [4.69, 9.17) is 0 Å². The minimum Gasteiger partial charge on any atom is -0.107 e. The van der Waals surface area contributed by atoms with Gasteiger partial charge in [-0.3, -0.25) is 0 Å². The topological polar surface area (TPSA) is 0 Å². The second-order valence-corrected chi connectivity index (χ2v) is 1.53. The van der Waals surface area contributed by atoms with Crippen molar-refractivity contribution in [3.8, 4) is 11.8 Å². The summed E-state index contributed by atoms with van der Waals surface area (Å²) < 4.78 is 0. The first-order valence-corrected chi connectivity index (χ1v) is 2.92. The molecule has 0 aromatic heterocycles. The first-order chi connectivity index (χ1) is 3.91. The molecule has 0 heteroatoms. The van der Waals surface area contributed by atoms with Crippen molar-refractivity contribution in [1.29, 1.82) is 0 Å². The van der Waals surface area contributed by atoms with Gasteiger partial charge in [0.1, 0.15) is 0 Å². The van der Waals surface area contributed by atoms with Crippen LogP contribution >= 0.6 is 0 Å². The molecule has 0 nitrogen and oxygen atoms in total. The molecule has 0 saturated carbocycles. The standard InChI is InChI=1S/C8H12/c1-3-5-7-8-6-4-2/h3,5H,7-8H2,1-2H3. The summed E-state index contributed by atoms with van der Waals surface area (Å²) in [6, 6.07) is 0. The van der Waals surface area contributed by atoms with Crippen LogP contribution in [0.2, 0.25) is 0 Å². The Hall–Kier alpha value is -0.700. The Bertz CT molecular complexity index is 110. The number of unbranched alkanes of at least 4 members (excludes halogenated alkanes) is 1. The van der Waals surface area contributed by atoms with Crippen LogP contribution in [0.5, 0.6) is 0 Å². The van der Waals surface area contributed by atoms with Gasteiger partial charge in [-0.2, -0.15) is 0 Å². The van der Waals surface area contributed by atoms with Gasteiger partial charge in [0.2, 0.25) is 0 Å². The second kappa shape index (κ2) is 6.30. The molecule has 0 heterocycles. The van der Waals surface area contributed by atoms with Crippen molar-refractivity contribution in [2.45, 2.75) is 26.7 Å². The normalized spacial score (nSPS) is 8.75. The number of allylic oxidation sites excluding steroid dienone is 2. The molecule has 0 amide bonds. The molecule has 0 N–H and O–H groups in total. The van der Waals surface area contributed by atoms with E-state index in [9.17, 15) is 0 Å². The lowest BCUT2D eigenvalue weighted by molar-refractivity contribution is 1.08. The van der Waals surface area contributed by atoms with Gasteiger partial charge in [0.05, 0.1) is 0 Å². The van der Waals surface area contributed by atoms with E-state index in [-0.39, 0.29) is 0 Å². The van der Waals surface area contributed by atoms with E-state index in [0.717, 1.165) is 12.8 Å². The molecule has 8 heavy (non-hydrogen) atoms. The maximum atomic E-state index is 2.98. The van der Waals surface area contributed by atoms with Crippen molar-refractivity contribution in [2.75, 3.05) is 0 Å². The van der Waals surface area contributed by atoms with Crippen molar-refractivity contribution < 1.29 is 0 Å². The maximum Gasteiger partial charge on any atom is 0.0123 e. The Morgan fingerprint density at radius 1 is 1.50 bits per heavy atom. The molecule has 0 aromatic carbocycles. The van der Waals surface area contributed by atoms with Crippen LogP contribution in [0.25, 0.3) is 0 Å². The third-order valence-electron chi connectivity index (χ3n) is 0.848. The summed E-state index contributed by atoms with van der Waals surface area (Å²) in [5, 5.41) is 0. The zero-order valence-corrected chi connectivity index (χ0v) is 5.57. The maximum absolute atomic E-state index is 2.98. The minimum absolute atomic E-state index is 1.00. The third-order valence-corrected chi connectivity index (χ3v) is 0.848. The molecular weight excluding hydrogens is 96.1 g/mol. The molecular formula is C8H12. The highest BCUT2D eigenvalue weighted by molar-refractivity contribution is 4.96. The Kier molecular flexibility index (Phi) is 5.75. The number of rotatable bonds is 2. The Morgan fingerprint density at radius 2 is 2.25 bits per heavy atom. The van der Waals surface area contributed by atoms with Crippen LogP contribution in [0.3, 0.4) is 0 Å². The average molecular weight is 108 g/mol. The summed E-state index contributed by atoms with van der Waals surface area (Å²) in [7, 11) is 0. The lowest BCUT2D eigenvalue weighted by atomic mass is 10.3. The average Bonchev–Trinajstić information content (AvgIpc) is 1.81. The van der Waals surface area contributed by atoms with Crippen molar-refractivity contribution in [1.82, 2.24) is 0 Å². The van der Waals surface area contributed by atoms with E-state index >= 15 is 0 Å². The molecule has 0 radical (unpaired) electrons. The first kappa shape index (κ1) is 7.30. The van der Waals surface area contributed by atoms with Crippen LogP contribution in [0, 0.1) is 11.8 Å². The van der Waals surface area contributed by atoms with Crippen molar-refractivity contribution in [2.24, 2.45) is 0 Å². The summed E-state index contributed by atoms with van der Waals surface area (Å²) in [6.07, 6.45) is 6.28. The van der Waals surface area contributed by atoms with Gasteiger partial charge in [-0.1, -0.05) is 12.2 Å². The Morgan fingerprint density at radius 3 is 2.75 bits per heavy atom. The molecule has 44 valence electrons. The largest absolute Gasteiger partial charge is 0.107 e. The highest BCUT2D eigenvalue weighted by atomic mass is 13.7. The van der Waals surface area contributed by atoms with E-state index < -0.39 is 0 Å². The zero-order chi connectivity index (χ0) is 6.24. The molecule has 0 aliphatic rings. The SMILES string of the molecule is CC#CCCC=CC. The van der Waals surface area contributed by atoms with Crippen molar-refractivity contribution >= 4 is 0 Å². The predicted octanol–water partition coefficient (Wildman–Crippen LogP) is 2.37. The number of hydrogen-bond donors (Lipinski definition) is 0. The predicted molar refractivity (Wildman–Crippen MR) is 37.5 cm³/mol. The fraction of sp³-hybridized carbons (Fsp3) is 0.500. The highest BCUT2D eigenvalue weighted by Gasteiger charge is 1.69. The van der Waals surface area contributed by atoms with Crippen molar-refractivity contribution in [3.63, 3.8) is 0 Å². The lowest BCUT2D eigenvalue weighted by Gasteiger charge is -1.78. The Balaban J connectivity index is 3.01. The van der Waals surface area contributed by atoms with E-state index in [0.29, 0.717) is 0 Å². The van der Waals surface area contributed by atoms with E-state index in [1.165, 1.54) is 0 Å². The fourth-order valence-corrected chi connectivity index (χ4v) is 0.447. The molecule has 0 aliphatic heterocycles. The van der Waals surface area contributed by atoms with Gasteiger partial charge < -0.3 is 0 Å². The summed E-state index contributed by atoms with van der Waals surface area (Å²) in [4.78, 5) is 0. The van der Waals surface area contributed by atoms with E-state index in [2.05, 4.69) is 24.0 Å². The number of hydrogen-bond acceptors (Lipinski definition) is 0. The molecule has 0 rings (SSSR count). The summed E-state index contributed by atoms with van der Waals surface area (Å²) in [5.74, 6) is 5.82. The van der Waals surface area contributed by atoms with Crippen LogP contribution in [0.15, 0.2) is 12.2 Å². The highest BCUT2D eigenvalue weighted by Crippen LogP contribution is 1.86. The van der Waals surface area contributed by atoms with Crippen LogP contribution in [0.4, 0.5) is 0 Å². The summed E-state index contributed by atoms with van der Waals surface area (Å²) in [6.45, 7) is 3.90. The summed E-state index contributed by atoms with van der Waals surface area (Å²) in [5.41, 5.74) is 0. The molecule has 0 aliphatic carbocycles. The van der Waals surface area contributed by atoms with Crippen LogP contribution in [0.1, 0.15) is 26.7 Å². The molecule has 0 spiro atoms. The van der Waals surface area contributed by atoms with Gasteiger partial charge in [0.15, 0.2) is 0 Å². The van der Waals surface area contributed by atoms with E-state index in [1.54, 1.807) is 0 Å². The molecule has 0 saturated heterocycles. The van der Waals surface area contributed by atoms with Gasteiger partial charge in [0, 0.05) is 6.42 Å². The van der Waals surface area contributed by atoms with Gasteiger partial charge in [0.25, 0.3) is 0 Å². The molecule has 0 bridgehead atoms. The first-order valence-electron chi connectivity index (χ1n) is 2.92. The Labute approximate surface area is 51.6 Å². The van der Waals surface area contributed by atoms with Crippen molar-refractivity contribution in [3.05, 3.63) is 12.2 Å². The summed E-state index contributed by atoms with van der Waals surface area (Å²) >= 11 is 0. The van der Waals surface area contributed by atoms with Crippen LogP contribution in [-0.2, 0) is 0 Å². The molecule has 0 aromatic rings. The second-order valence-electron chi connectivity index (χ2n) is 1.53. The van der Waals surface area contributed by atoms with E-state index in [1.807, 2.05) is 13.8 Å². The third kappa shape index (κ3) is 5.30. The lowest BCUT2D eigenvalue weighted by Crippen LogP contribution is -1.61. The van der Waals surface area contributed by atoms with Crippen LogP contribution in [-0.4, -0.2) is 0 Å². The van der Waals surface area contributed by atoms with Gasteiger partial charge in [-0.05, 0) is 20.3 Å². The van der Waals surface area contributed by atoms with Gasteiger partial charge in [-0.25, -0.2) is 0 Å².